The second-order valence-corrected chi connectivity index (χ2v) is 6.46. The number of benzene rings is 2. The molecule has 0 aromatic heterocycles. The van der Waals surface area contributed by atoms with E-state index in [4.69, 9.17) is 4.74 Å². The fraction of sp³-hybridized carbons (Fsp3) is 0.316. The minimum absolute atomic E-state index is 0.00697. The molecule has 0 saturated carbocycles. The van der Waals surface area contributed by atoms with Crippen LogP contribution in [0.3, 0.4) is 0 Å². The van der Waals surface area contributed by atoms with Crippen molar-refractivity contribution in [2.75, 3.05) is 12.9 Å². The molecule has 0 bridgehead atoms. The van der Waals surface area contributed by atoms with Gasteiger partial charge in [0.2, 0.25) is 5.91 Å². The molecule has 0 spiro atoms. The Labute approximate surface area is 142 Å². The molecule has 122 valence electrons. The average Bonchev–Trinajstić information content (AvgIpc) is 2.59. The van der Waals surface area contributed by atoms with Crippen LogP contribution in [0.4, 0.5) is 0 Å². The molecule has 0 aliphatic heterocycles. The van der Waals surface area contributed by atoms with E-state index in [2.05, 4.69) is 17.4 Å². The summed E-state index contributed by atoms with van der Waals surface area (Å²) in [6.45, 7) is 2.00. The number of nitrogens with one attached hydrogen (secondary N) is 1. The Morgan fingerprint density at radius 2 is 1.83 bits per heavy atom. The first kappa shape index (κ1) is 17.4. The molecule has 0 heterocycles. The summed E-state index contributed by atoms with van der Waals surface area (Å²) < 4.78 is 5.14. The summed E-state index contributed by atoms with van der Waals surface area (Å²) in [5.74, 6) is 2.69. The van der Waals surface area contributed by atoms with Crippen LogP contribution in [0, 0.1) is 0 Å². The van der Waals surface area contributed by atoms with Gasteiger partial charge in [0, 0.05) is 17.9 Å². The highest BCUT2D eigenvalue weighted by Gasteiger charge is 2.09. The summed E-state index contributed by atoms with van der Waals surface area (Å²) >= 11 is 1.79. The van der Waals surface area contributed by atoms with Gasteiger partial charge in [0.05, 0.1) is 13.2 Å². The van der Waals surface area contributed by atoms with Gasteiger partial charge in [-0.15, -0.1) is 0 Å². The fourth-order valence-corrected chi connectivity index (χ4v) is 3.12. The normalized spacial score (nSPS) is 11.7. The molecule has 1 N–H and O–H groups in total. The number of amides is 1. The van der Waals surface area contributed by atoms with Crippen LogP contribution in [-0.2, 0) is 10.5 Å². The number of methoxy groups -OCH3 is 1. The third-order valence-corrected chi connectivity index (χ3v) is 4.61. The van der Waals surface area contributed by atoms with Crippen molar-refractivity contribution in [1.82, 2.24) is 5.32 Å². The predicted molar refractivity (Wildman–Crippen MR) is 96.8 cm³/mol. The molecule has 0 aliphatic carbocycles. The largest absolute Gasteiger partial charge is 0.497 e. The van der Waals surface area contributed by atoms with Crippen molar-refractivity contribution < 1.29 is 9.53 Å². The Kier molecular flexibility index (Phi) is 7.01. The maximum Gasteiger partial charge on any atom is 0.221 e. The van der Waals surface area contributed by atoms with Gasteiger partial charge in [0.15, 0.2) is 0 Å². The predicted octanol–water partition coefficient (Wildman–Crippen LogP) is 4.20. The maximum atomic E-state index is 12.0. The Hall–Kier alpha value is -1.94. The van der Waals surface area contributed by atoms with Crippen LogP contribution in [-0.4, -0.2) is 18.8 Å². The van der Waals surface area contributed by atoms with E-state index in [9.17, 15) is 4.79 Å². The monoisotopic (exact) mass is 329 g/mol. The van der Waals surface area contributed by atoms with E-state index in [0.29, 0.717) is 6.42 Å². The molecule has 1 atom stereocenters. The highest BCUT2D eigenvalue weighted by Crippen LogP contribution is 2.18. The molecular formula is C19H23NO2S. The van der Waals surface area contributed by atoms with Gasteiger partial charge < -0.3 is 10.1 Å². The number of carbonyl (C=O) groups is 1. The molecule has 23 heavy (non-hydrogen) atoms. The van der Waals surface area contributed by atoms with Crippen LogP contribution in [0.15, 0.2) is 54.6 Å². The molecule has 2 rings (SSSR count). The fourth-order valence-electron chi connectivity index (χ4n) is 2.22. The smallest absolute Gasteiger partial charge is 0.221 e. The number of thioether (sulfide) groups is 1. The van der Waals surface area contributed by atoms with Crippen LogP contribution in [0.25, 0.3) is 0 Å². The zero-order chi connectivity index (χ0) is 16.5. The van der Waals surface area contributed by atoms with E-state index in [-0.39, 0.29) is 11.9 Å². The maximum absolute atomic E-state index is 12.0. The van der Waals surface area contributed by atoms with E-state index < -0.39 is 0 Å². The summed E-state index contributed by atoms with van der Waals surface area (Å²) in [4.78, 5) is 12.0. The number of hydrogen-bond donors (Lipinski definition) is 1. The highest BCUT2D eigenvalue weighted by molar-refractivity contribution is 7.98. The average molecular weight is 329 g/mol. The molecule has 0 fully saturated rings. The van der Waals surface area contributed by atoms with Crippen LogP contribution in [0.2, 0.25) is 0 Å². The lowest BCUT2D eigenvalue weighted by Crippen LogP contribution is -2.26. The molecule has 1 unspecified atom stereocenters. The second-order valence-electron chi connectivity index (χ2n) is 5.35. The molecule has 0 saturated heterocycles. The molecule has 0 aliphatic rings. The Morgan fingerprint density at radius 3 is 2.48 bits per heavy atom. The molecule has 2 aromatic rings. The van der Waals surface area contributed by atoms with Crippen molar-refractivity contribution in [3.05, 3.63) is 65.7 Å². The van der Waals surface area contributed by atoms with E-state index in [1.54, 1.807) is 18.9 Å². The van der Waals surface area contributed by atoms with E-state index >= 15 is 0 Å². The first-order valence-electron chi connectivity index (χ1n) is 7.74. The van der Waals surface area contributed by atoms with Gasteiger partial charge in [-0.1, -0.05) is 42.5 Å². The Balaban J connectivity index is 1.69. The number of rotatable bonds is 8. The molecule has 3 nitrogen and oxygen atoms in total. The summed E-state index contributed by atoms with van der Waals surface area (Å²) in [5, 5.41) is 3.04. The zero-order valence-electron chi connectivity index (χ0n) is 13.6. The van der Waals surface area contributed by atoms with Gasteiger partial charge in [-0.05, 0) is 30.2 Å². The lowest BCUT2D eigenvalue weighted by atomic mass is 10.1. The van der Waals surface area contributed by atoms with Gasteiger partial charge in [-0.3, -0.25) is 4.79 Å². The highest BCUT2D eigenvalue weighted by atomic mass is 32.2. The Morgan fingerprint density at radius 1 is 1.13 bits per heavy atom. The summed E-state index contributed by atoms with van der Waals surface area (Å²) in [5.41, 5.74) is 2.38. The van der Waals surface area contributed by atoms with Crippen LogP contribution < -0.4 is 10.1 Å². The van der Waals surface area contributed by atoms with Crippen molar-refractivity contribution >= 4 is 17.7 Å². The van der Waals surface area contributed by atoms with Crippen LogP contribution in [0.5, 0.6) is 5.75 Å². The first-order valence-corrected chi connectivity index (χ1v) is 8.89. The summed E-state index contributed by atoms with van der Waals surface area (Å²) in [7, 11) is 1.65. The first-order chi connectivity index (χ1) is 11.2. The van der Waals surface area contributed by atoms with E-state index in [1.807, 2.05) is 49.4 Å². The number of hydrogen-bond acceptors (Lipinski definition) is 3. The van der Waals surface area contributed by atoms with E-state index in [1.165, 1.54) is 5.56 Å². The van der Waals surface area contributed by atoms with Crippen molar-refractivity contribution in [2.24, 2.45) is 0 Å². The van der Waals surface area contributed by atoms with Crippen LogP contribution >= 0.6 is 11.8 Å². The SMILES string of the molecule is COc1ccc(C(C)NC(=O)CCSCc2ccccc2)cc1. The zero-order valence-corrected chi connectivity index (χ0v) is 14.4. The number of ether oxygens (including phenoxy) is 1. The van der Waals surface area contributed by atoms with Gasteiger partial charge in [-0.25, -0.2) is 0 Å². The lowest BCUT2D eigenvalue weighted by molar-refractivity contribution is -0.121. The molecule has 2 aromatic carbocycles. The number of carbonyl (C=O) groups excluding carboxylic acids is 1. The van der Waals surface area contributed by atoms with Crippen molar-refractivity contribution in [3.8, 4) is 5.75 Å². The van der Waals surface area contributed by atoms with E-state index in [0.717, 1.165) is 22.8 Å². The Bertz CT molecular complexity index is 599. The molecule has 0 radical (unpaired) electrons. The molecule has 4 heteroatoms. The van der Waals surface area contributed by atoms with Crippen molar-refractivity contribution in [1.29, 1.82) is 0 Å². The minimum Gasteiger partial charge on any atom is -0.497 e. The molecular weight excluding hydrogens is 306 g/mol. The molecule has 1 amide bonds. The van der Waals surface area contributed by atoms with Gasteiger partial charge in [0.1, 0.15) is 5.75 Å². The standard InChI is InChI=1S/C19H23NO2S/c1-15(17-8-10-18(22-2)11-9-17)20-19(21)12-13-23-14-16-6-4-3-5-7-16/h3-11,15H,12-14H2,1-2H3,(H,20,21). The second kappa shape index (κ2) is 9.26. The minimum atomic E-state index is 0.00697. The third-order valence-electron chi connectivity index (χ3n) is 3.58. The summed E-state index contributed by atoms with van der Waals surface area (Å²) in [6, 6.07) is 18.1. The van der Waals surface area contributed by atoms with Crippen molar-refractivity contribution in [2.45, 2.75) is 25.1 Å². The quantitative estimate of drug-likeness (QED) is 0.738. The van der Waals surface area contributed by atoms with Gasteiger partial charge in [-0.2, -0.15) is 11.8 Å². The summed E-state index contributed by atoms with van der Waals surface area (Å²) in [6.07, 6.45) is 0.540. The van der Waals surface area contributed by atoms with Gasteiger partial charge >= 0.3 is 0 Å². The lowest BCUT2D eigenvalue weighted by Gasteiger charge is -2.14. The van der Waals surface area contributed by atoms with Gasteiger partial charge in [0.25, 0.3) is 0 Å². The third kappa shape index (κ3) is 5.99. The van der Waals surface area contributed by atoms with Crippen molar-refractivity contribution in [3.63, 3.8) is 0 Å². The topological polar surface area (TPSA) is 38.3 Å². The van der Waals surface area contributed by atoms with Crippen LogP contribution in [0.1, 0.15) is 30.5 Å².